The summed E-state index contributed by atoms with van der Waals surface area (Å²) in [6.07, 6.45) is 2.28. The molecular weight excluding hydrogens is 234 g/mol. The topological polar surface area (TPSA) is 88.2 Å². The monoisotopic (exact) mass is 251 g/mol. The molecular formula is C9H18ClN3O3. The molecule has 0 spiro atoms. The number of carbonyl (C=O) groups is 1. The Balaban J connectivity index is 0.00000225. The number of hydrogen-bond donors (Lipinski definition) is 2. The third-order valence-corrected chi connectivity index (χ3v) is 2.43. The number of carbonyl (C=O) groups excluding carboxylic acids is 1. The maximum atomic E-state index is 11.5. The average Bonchev–Trinajstić information content (AvgIpc) is 2.18. The molecule has 7 heteroatoms. The van der Waals surface area contributed by atoms with Crippen molar-refractivity contribution in [3.8, 4) is 0 Å². The number of hydrogen-bond acceptors (Lipinski definition) is 5. The van der Waals surface area contributed by atoms with Crippen molar-refractivity contribution in [2.75, 3.05) is 13.2 Å². The quantitative estimate of drug-likeness (QED) is 0.432. The Bertz CT molecular complexity index is 250. The molecule has 3 N–H and O–H groups in total. The van der Waals surface area contributed by atoms with Crippen molar-refractivity contribution in [1.82, 2.24) is 4.90 Å². The standard InChI is InChI=1S/C9H17N3O3.ClH/c1-2-15-9(13)12-4-3-7(10)5-8(12)6-11-14;/h6-8,14H,2-5,10H2,1H3;1H/b11-6-;. The zero-order chi connectivity index (χ0) is 11.3. The van der Waals surface area contributed by atoms with Crippen LogP contribution in [0.3, 0.4) is 0 Å². The van der Waals surface area contributed by atoms with Gasteiger partial charge in [-0.15, -0.1) is 12.4 Å². The molecule has 1 saturated heterocycles. The van der Waals surface area contributed by atoms with Crippen LogP contribution in [0.1, 0.15) is 19.8 Å². The highest BCUT2D eigenvalue weighted by Gasteiger charge is 2.29. The molecule has 1 rings (SSSR count). The van der Waals surface area contributed by atoms with E-state index in [-0.39, 0.29) is 30.6 Å². The van der Waals surface area contributed by atoms with Crippen LogP contribution >= 0.6 is 12.4 Å². The number of oxime groups is 1. The first kappa shape index (κ1) is 15.0. The lowest BCUT2D eigenvalue weighted by atomic mass is 9.99. The molecule has 1 fully saturated rings. The van der Waals surface area contributed by atoms with E-state index in [2.05, 4.69) is 5.16 Å². The van der Waals surface area contributed by atoms with Crippen molar-refractivity contribution in [3.63, 3.8) is 0 Å². The summed E-state index contributed by atoms with van der Waals surface area (Å²) < 4.78 is 4.90. The van der Waals surface area contributed by atoms with Gasteiger partial charge in [0.05, 0.1) is 18.9 Å². The van der Waals surface area contributed by atoms with E-state index in [0.29, 0.717) is 19.6 Å². The fraction of sp³-hybridized carbons (Fsp3) is 0.778. The van der Waals surface area contributed by atoms with Gasteiger partial charge in [-0.25, -0.2) is 4.79 Å². The SMILES string of the molecule is CCOC(=O)N1CCC(N)CC1/C=N\O.Cl. The van der Waals surface area contributed by atoms with Gasteiger partial charge >= 0.3 is 6.09 Å². The lowest BCUT2D eigenvalue weighted by Crippen LogP contribution is -2.50. The van der Waals surface area contributed by atoms with Gasteiger partial charge in [0.15, 0.2) is 0 Å². The Kier molecular flexibility index (Phi) is 6.83. The van der Waals surface area contributed by atoms with E-state index in [0.717, 1.165) is 6.42 Å². The normalized spacial score (nSPS) is 25.2. The lowest BCUT2D eigenvalue weighted by Gasteiger charge is -2.35. The van der Waals surface area contributed by atoms with E-state index in [1.165, 1.54) is 11.1 Å². The van der Waals surface area contributed by atoms with Gasteiger partial charge in [0.1, 0.15) is 0 Å². The minimum absolute atomic E-state index is 0. The maximum absolute atomic E-state index is 11.5. The van der Waals surface area contributed by atoms with E-state index >= 15 is 0 Å². The average molecular weight is 252 g/mol. The number of likely N-dealkylation sites (tertiary alicyclic amines) is 1. The smallest absolute Gasteiger partial charge is 0.410 e. The van der Waals surface area contributed by atoms with Gasteiger partial charge in [0.2, 0.25) is 0 Å². The summed E-state index contributed by atoms with van der Waals surface area (Å²) in [4.78, 5) is 13.0. The molecule has 0 aliphatic carbocycles. The van der Waals surface area contributed by atoms with Crippen LogP contribution in [0.25, 0.3) is 0 Å². The molecule has 0 aromatic rings. The summed E-state index contributed by atoms with van der Waals surface area (Å²) in [5.41, 5.74) is 5.77. The van der Waals surface area contributed by atoms with Crippen molar-refractivity contribution >= 4 is 24.7 Å². The number of halogens is 1. The number of rotatable bonds is 2. The van der Waals surface area contributed by atoms with Gasteiger partial charge in [-0.2, -0.15) is 0 Å². The summed E-state index contributed by atoms with van der Waals surface area (Å²) in [5.74, 6) is 0. The number of nitrogens with two attached hydrogens (primary N) is 1. The molecule has 2 atom stereocenters. The summed E-state index contributed by atoms with van der Waals surface area (Å²) in [5, 5.41) is 11.4. The number of piperidine rings is 1. The summed E-state index contributed by atoms with van der Waals surface area (Å²) in [6, 6.07) is -0.225. The summed E-state index contributed by atoms with van der Waals surface area (Å²) in [7, 11) is 0. The van der Waals surface area contributed by atoms with Crippen LogP contribution < -0.4 is 5.73 Å². The maximum Gasteiger partial charge on any atom is 0.410 e. The van der Waals surface area contributed by atoms with Crippen LogP contribution in [-0.4, -0.2) is 47.7 Å². The van der Waals surface area contributed by atoms with Gasteiger partial charge in [-0.1, -0.05) is 5.16 Å². The first-order chi connectivity index (χ1) is 7.19. The van der Waals surface area contributed by atoms with E-state index in [1.807, 2.05) is 0 Å². The second-order valence-corrected chi connectivity index (χ2v) is 3.51. The Morgan fingerprint density at radius 2 is 2.44 bits per heavy atom. The summed E-state index contributed by atoms with van der Waals surface area (Å²) in [6.45, 7) is 2.63. The molecule has 94 valence electrons. The third kappa shape index (κ3) is 3.86. The molecule has 0 aromatic carbocycles. The van der Waals surface area contributed by atoms with Crippen LogP contribution in [0.5, 0.6) is 0 Å². The zero-order valence-corrected chi connectivity index (χ0v) is 10.0. The highest BCUT2D eigenvalue weighted by Crippen LogP contribution is 2.16. The van der Waals surface area contributed by atoms with Gasteiger partial charge in [0.25, 0.3) is 0 Å². The molecule has 1 aliphatic rings. The predicted molar refractivity (Wildman–Crippen MR) is 62.3 cm³/mol. The van der Waals surface area contributed by atoms with Crippen LogP contribution in [0.2, 0.25) is 0 Å². The lowest BCUT2D eigenvalue weighted by molar-refractivity contribution is 0.0878. The van der Waals surface area contributed by atoms with E-state index in [4.69, 9.17) is 15.7 Å². The Labute approximate surface area is 101 Å². The fourth-order valence-corrected chi connectivity index (χ4v) is 1.68. The molecule has 0 saturated carbocycles. The fourth-order valence-electron chi connectivity index (χ4n) is 1.68. The van der Waals surface area contributed by atoms with Gasteiger partial charge < -0.3 is 15.7 Å². The first-order valence-corrected chi connectivity index (χ1v) is 5.05. The van der Waals surface area contributed by atoms with Crippen molar-refractivity contribution in [3.05, 3.63) is 0 Å². The molecule has 16 heavy (non-hydrogen) atoms. The minimum Gasteiger partial charge on any atom is -0.450 e. The van der Waals surface area contributed by atoms with Crippen LogP contribution in [0.15, 0.2) is 5.16 Å². The van der Waals surface area contributed by atoms with E-state index in [1.54, 1.807) is 6.92 Å². The number of amides is 1. The van der Waals surface area contributed by atoms with E-state index in [9.17, 15) is 4.79 Å². The summed E-state index contributed by atoms with van der Waals surface area (Å²) >= 11 is 0. The highest BCUT2D eigenvalue weighted by atomic mass is 35.5. The first-order valence-electron chi connectivity index (χ1n) is 5.05. The molecule has 0 radical (unpaired) electrons. The molecule has 1 amide bonds. The van der Waals surface area contributed by atoms with Gasteiger partial charge in [0, 0.05) is 12.6 Å². The van der Waals surface area contributed by atoms with Gasteiger partial charge in [-0.05, 0) is 19.8 Å². The molecule has 0 bridgehead atoms. The number of nitrogens with zero attached hydrogens (tertiary/aromatic N) is 2. The van der Waals surface area contributed by atoms with Crippen molar-refractivity contribution < 1.29 is 14.7 Å². The molecule has 1 aliphatic heterocycles. The highest BCUT2D eigenvalue weighted by molar-refractivity contribution is 5.85. The van der Waals surface area contributed by atoms with Crippen molar-refractivity contribution in [2.45, 2.75) is 31.8 Å². The predicted octanol–water partition coefficient (Wildman–Crippen LogP) is 0.816. The molecule has 2 unspecified atom stereocenters. The second kappa shape index (κ2) is 7.29. The van der Waals surface area contributed by atoms with Gasteiger partial charge in [-0.3, -0.25) is 4.90 Å². The Morgan fingerprint density at radius 3 is 3.00 bits per heavy atom. The Morgan fingerprint density at radius 1 is 1.75 bits per heavy atom. The van der Waals surface area contributed by atoms with Crippen LogP contribution in [-0.2, 0) is 4.74 Å². The largest absolute Gasteiger partial charge is 0.450 e. The molecule has 1 heterocycles. The van der Waals surface area contributed by atoms with Crippen molar-refractivity contribution in [1.29, 1.82) is 0 Å². The zero-order valence-electron chi connectivity index (χ0n) is 9.20. The third-order valence-electron chi connectivity index (χ3n) is 2.43. The Hall–Kier alpha value is -1.01. The van der Waals surface area contributed by atoms with E-state index < -0.39 is 0 Å². The van der Waals surface area contributed by atoms with Crippen LogP contribution in [0, 0.1) is 0 Å². The number of ether oxygens (including phenoxy) is 1. The van der Waals surface area contributed by atoms with Crippen LogP contribution in [0.4, 0.5) is 4.79 Å². The molecule has 0 aromatic heterocycles. The second-order valence-electron chi connectivity index (χ2n) is 3.51. The minimum atomic E-state index is -0.380. The van der Waals surface area contributed by atoms with Crippen molar-refractivity contribution in [2.24, 2.45) is 10.9 Å². The molecule has 6 nitrogen and oxygen atoms in total.